The Labute approximate surface area is 160 Å². The minimum atomic E-state index is -0.183. The Morgan fingerprint density at radius 2 is 1.89 bits per heavy atom. The van der Waals surface area contributed by atoms with E-state index in [4.69, 9.17) is 4.42 Å². The lowest BCUT2D eigenvalue weighted by atomic mass is 10.0. The van der Waals surface area contributed by atoms with Crippen LogP contribution in [0.1, 0.15) is 47.9 Å². The lowest BCUT2D eigenvalue weighted by Gasteiger charge is -2.33. The zero-order valence-electron chi connectivity index (χ0n) is 15.8. The van der Waals surface area contributed by atoms with Crippen LogP contribution in [0.25, 0.3) is 11.0 Å². The number of rotatable bonds is 5. The van der Waals surface area contributed by atoms with Gasteiger partial charge in [-0.05, 0) is 49.6 Å². The summed E-state index contributed by atoms with van der Waals surface area (Å²) in [6.45, 7) is 5.01. The van der Waals surface area contributed by atoms with Gasteiger partial charge in [-0.15, -0.1) is 0 Å². The van der Waals surface area contributed by atoms with Crippen LogP contribution in [0, 0.1) is 0 Å². The summed E-state index contributed by atoms with van der Waals surface area (Å²) < 4.78 is 5.61. The summed E-state index contributed by atoms with van der Waals surface area (Å²) in [6.07, 6.45) is 3.95. The van der Waals surface area contributed by atoms with E-state index in [1.54, 1.807) is 6.07 Å². The number of piperidine rings is 1. The lowest BCUT2D eigenvalue weighted by molar-refractivity contribution is 0.0925. The van der Waals surface area contributed by atoms with Gasteiger partial charge in [-0.25, -0.2) is 0 Å². The van der Waals surface area contributed by atoms with Gasteiger partial charge in [0.2, 0.25) is 0 Å². The fraction of sp³-hybridized carbons (Fsp3) is 0.348. The number of carbonyl (C=O) groups is 1. The monoisotopic (exact) mass is 362 g/mol. The van der Waals surface area contributed by atoms with Crippen LogP contribution in [0.15, 0.2) is 59.0 Å². The summed E-state index contributed by atoms with van der Waals surface area (Å²) in [5.74, 6) is 0.171. The minimum absolute atomic E-state index is 0.183. The molecule has 0 radical (unpaired) electrons. The van der Waals surface area contributed by atoms with Crippen LogP contribution in [0.3, 0.4) is 0 Å². The highest BCUT2D eigenvalue weighted by Gasteiger charge is 2.18. The van der Waals surface area contributed by atoms with Gasteiger partial charge in [0.05, 0.1) is 0 Å². The average Bonchev–Trinajstić information content (AvgIpc) is 3.13. The second-order valence-corrected chi connectivity index (χ2v) is 7.46. The number of carbonyl (C=O) groups excluding carboxylic acids is 1. The van der Waals surface area contributed by atoms with Gasteiger partial charge in [0.15, 0.2) is 5.76 Å². The van der Waals surface area contributed by atoms with Crippen LogP contribution >= 0.6 is 0 Å². The first kappa shape index (κ1) is 17.8. The third-order valence-electron chi connectivity index (χ3n) is 5.45. The molecule has 1 fully saturated rings. The number of hydrogen-bond acceptors (Lipinski definition) is 3. The van der Waals surface area contributed by atoms with Gasteiger partial charge < -0.3 is 9.73 Å². The molecule has 1 N–H and O–H groups in total. The number of nitrogens with zero attached hydrogens (tertiary/aromatic N) is 1. The molecule has 0 aliphatic carbocycles. The first-order valence-corrected chi connectivity index (χ1v) is 9.78. The predicted octanol–water partition coefficient (Wildman–Crippen LogP) is 4.74. The standard InChI is InChI=1S/C23H26N2O2/c1-17-6-4-5-13-25(17)16-19-11-9-18(10-12-19)15-24-23(26)22-14-20-7-2-3-8-21(20)27-22/h2-3,7-12,14,17H,4-6,13,15-16H2,1H3,(H,24,26). The molecule has 0 spiro atoms. The lowest BCUT2D eigenvalue weighted by Crippen LogP contribution is -2.36. The molecular formula is C23H26N2O2. The van der Waals surface area contributed by atoms with Crippen molar-refractivity contribution in [3.8, 4) is 0 Å². The number of amides is 1. The number of hydrogen-bond donors (Lipinski definition) is 1. The van der Waals surface area contributed by atoms with Crippen LogP contribution in [-0.2, 0) is 13.1 Å². The molecule has 4 rings (SSSR count). The molecule has 1 unspecified atom stereocenters. The smallest absolute Gasteiger partial charge is 0.287 e. The molecule has 1 atom stereocenters. The largest absolute Gasteiger partial charge is 0.451 e. The third kappa shape index (κ3) is 4.22. The van der Waals surface area contributed by atoms with E-state index in [0.29, 0.717) is 18.3 Å². The van der Waals surface area contributed by atoms with Gasteiger partial charge >= 0.3 is 0 Å². The molecule has 0 saturated carbocycles. The number of fused-ring (bicyclic) bond motifs is 1. The molecule has 1 aromatic heterocycles. The van der Waals surface area contributed by atoms with Gasteiger partial charge in [-0.2, -0.15) is 0 Å². The zero-order chi connectivity index (χ0) is 18.6. The van der Waals surface area contributed by atoms with Gasteiger partial charge in [0, 0.05) is 24.5 Å². The van der Waals surface area contributed by atoms with Crippen LogP contribution in [0.2, 0.25) is 0 Å². The number of furan rings is 1. The molecule has 0 bridgehead atoms. The van der Waals surface area contributed by atoms with Crippen molar-refractivity contribution in [3.63, 3.8) is 0 Å². The topological polar surface area (TPSA) is 45.5 Å². The van der Waals surface area contributed by atoms with Gasteiger partial charge in [0.25, 0.3) is 5.91 Å². The summed E-state index contributed by atoms with van der Waals surface area (Å²) in [5.41, 5.74) is 3.16. The van der Waals surface area contributed by atoms with E-state index < -0.39 is 0 Å². The molecule has 4 nitrogen and oxygen atoms in total. The molecule has 4 heteroatoms. The van der Waals surface area contributed by atoms with Crippen molar-refractivity contribution in [2.45, 2.75) is 45.3 Å². The highest BCUT2D eigenvalue weighted by Crippen LogP contribution is 2.20. The fourth-order valence-electron chi connectivity index (χ4n) is 3.75. The molecule has 3 aromatic rings. The van der Waals surface area contributed by atoms with Crippen molar-refractivity contribution in [2.75, 3.05) is 6.54 Å². The Bertz CT molecular complexity index is 881. The maximum absolute atomic E-state index is 12.3. The fourth-order valence-corrected chi connectivity index (χ4v) is 3.75. The van der Waals surface area contributed by atoms with Crippen molar-refractivity contribution < 1.29 is 9.21 Å². The Kier molecular flexibility index (Phi) is 5.26. The van der Waals surface area contributed by atoms with E-state index in [2.05, 4.69) is 41.4 Å². The second kappa shape index (κ2) is 7.97. The number of para-hydroxylation sites is 1. The first-order valence-electron chi connectivity index (χ1n) is 9.78. The van der Waals surface area contributed by atoms with Crippen molar-refractivity contribution in [1.29, 1.82) is 0 Å². The Balaban J connectivity index is 1.33. The van der Waals surface area contributed by atoms with Crippen molar-refractivity contribution in [2.24, 2.45) is 0 Å². The highest BCUT2D eigenvalue weighted by atomic mass is 16.3. The minimum Gasteiger partial charge on any atom is -0.451 e. The van der Waals surface area contributed by atoms with Crippen LogP contribution < -0.4 is 5.32 Å². The van der Waals surface area contributed by atoms with E-state index in [1.807, 2.05) is 24.3 Å². The highest BCUT2D eigenvalue weighted by molar-refractivity contribution is 5.96. The normalized spacial score (nSPS) is 17.9. The zero-order valence-corrected chi connectivity index (χ0v) is 15.8. The van der Waals surface area contributed by atoms with Crippen LogP contribution in [-0.4, -0.2) is 23.4 Å². The molecule has 1 aliphatic heterocycles. The molecule has 1 aliphatic rings. The van der Waals surface area contributed by atoms with Crippen molar-refractivity contribution in [1.82, 2.24) is 10.2 Å². The van der Waals surface area contributed by atoms with E-state index in [-0.39, 0.29) is 5.91 Å². The molecule has 140 valence electrons. The summed E-state index contributed by atoms with van der Waals surface area (Å²) in [5, 5.41) is 3.88. The summed E-state index contributed by atoms with van der Waals surface area (Å²) in [7, 11) is 0. The predicted molar refractivity (Wildman–Crippen MR) is 108 cm³/mol. The summed E-state index contributed by atoms with van der Waals surface area (Å²) in [6, 6.07) is 18.6. The van der Waals surface area contributed by atoms with E-state index in [1.165, 1.54) is 31.4 Å². The van der Waals surface area contributed by atoms with Crippen molar-refractivity contribution >= 4 is 16.9 Å². The summed E-state index contributed by atoms with van der Waals surface area (Å²) in [4.78, 5) is 14.9. The number of benzene rings is 2. The van der Waals surface area contributed by atoms with E-state index >= 15 is 0 Å². The van der Waals surface area contributed by atoms with Crippen LogP contribution in [0.4, 0.5) is 0 Å². The molecule has 2 aromatic carbocycles. The third-order valence-corrected chi connectivity index (χ3v) is 5.45. The Morgan fingerprint density at radius 3 is 2.67 bits per heavy atom. The maximum Gasteiger partial charge on any atom is 0.287 e. The molecular weight excluding hydrogens is 336 g/mol. The van der Waals surface area contributed by atoms with E-state index in [0.717, 1.165) is 23.1 Å². The molecule has 1 amide bonds. The second-order valence-electron chi connectivity index (χ2n) is 7.46. The average molecular weight is 362 g/mol. The number of nitrogens with one attached hydrogen (secondary N) is 1. The van der Waals surface area contributed by atoms with E-state index in [9.17, 15) is 4.79 Å². The molecule has 1 saturated heterocycles. The first-order chi connectivity index (χ1) is 13.2. The quantitative estimate of drug-likeness (QED) is 0.713. The van der Waals surface area contributed by atoms with Crippen molar-refractivity contribution in [3.05, 3.63) is 71.5 Å². The van der Waals surface area contributed by atoms with Gasteiger partial charge in [-0.3, -0.25) is 9.69 Å². The van der Waals surface area contributed by atoms with Gasteiger partial charge in [-0.1, -0.05) is 48.9 Å². The summed E-state index contributed by atoms with van der Waals surface area (Å²) >= 11 is 0. The molecule has 2 heterocycles. The molecule has 27 heavy (non-hydrogen) atoms. The SMILES string of the molecule is CC1CCCCN1Cc1ccc(CNC(=O)c2cc3ccccc3o2)cc1. The van der Waals surface area contributed by atoms with Gasteiger partial charge in [0.1, 0.15) is 5.58 Å². The Morgan fingerprint density at radius 1 is 1.11 bits per heavy atom. The maximum atomic E-state index is 12.3. The Hall–Kier alpha value is -2.59. The van der Waals surface area contributed by atoms with Crippen LogP contribution in [0.5, 0.6) is 0 Å². The number of likely N-dealkylation sites (tertiary alicyclic amines) is 1.